The highest BCUT2D eigenvalue weighted by atomic mass is 16.6. The van der Waals surface area contributed by atoms with Gasteiger partial charge in [0.15, 0.2) is 5.60 Å². The summed E-state index contributed by atoms with van der Waals surface area (Å²) in [5.74, 6) is 0.282. The number of ether oxygens (including phenoxy) is 2. The van der Waals surface area contributed by atoms with Gasteiger partial charge in [0, 0.05) is 0 Å². The van der Waals surface area contributed by atoms with Gasteiger partial charge < -0.3 is 15.2 Å². The van der Waals surface area contributed by atoms with E-state index in [1.54, 1.807) is 20.8 Å². The van der Waals surface area contributed by atoms with Crippen LogP contribution in [0.4, 0.5) is 0 Å². The van der Waals surface area contributed by atoms with Crippen molar-refractivity contribution >= 4 is 5.97 Å². The molecule has 0 aromatic heterocycles. The van der Waals surface area contributed by atoms with Crippen LogP contribution in [0.1, 0.15) is 40.2 Å². The number of carbonyl (C=O) groups is 1. The Kier molecular flexibility index (Phi) is 8.64. The van der Waals surface area contributed by atoms with Crippen molar-refractivity contribution in [2.45, 2.75) is 46.6 Å². The van der Waals surface area contributed by atoms with Gasteiger partial charge in [-0.25, -0.2) is 4.79 Å². The zero-order chi connectivity index (χ0) is 15.6. The van der Waals surface area contributed by atoms with E-state index in [-0.39, 0.29) is 5.97 Å². The van der Waals surface area contributed by atoms with Crippen LogP contribution >= 0.6 is 0 Å². The quantitative estimate of drug-likeness (QED) is 0.814. The summed E-state index contributed by atoms with van der Waals surface area (Å²) in [7, 11) is 0. The maximum atomic E-state index is 11.7. The molecule has 0 aliphatic carbocycles. The van der Waals surface area contributed by atoms with E-state index in [2.05, 4.69) is 0 Å². The fourth-order valence-corrected chi connectivity index (χ4v) is 1.53. The lowest BCUT2D eigenvalue weighted by Crippen LogP contribution is -2.39. The van der Waals surface area contributed by atoms with Gasteiger partial charge in [-0.2, -0.15) is 0 Å². The van der Waals surface area contributed by atoms with Gasteiger partial charge in [-0.3, -0.25) is 0 Å². The topological polar surface area (TPSA) is 61.5 Å². The van der Waals surface area contributed by atoms with E-state index in [4.69, 9.17) is 15.2 Å². The third kappa shape index (κ3) is 6.06. The van der Waals surface area contributed by atoms with Crippen LogP contribution in [0.15, 0.2) is 24.3 Å². The van der Waals surface area contributed by atoms with Gasteiger partial charge in [-0.15, -0.1) is 0 Å². The summed E-state index contributed by atoms with van der Waals surface area (Å²) >= 11 is 0. The molecule has 0 saturated carbocycles. The summed E-state index contributed by atoms with van der Waals surface area (Å²) in [6.45, 7) is 10.1. The summed E-state index contributed by atoms with van der Waals surface area (Å²) in [4.78, 5) is 11.7. The second kappa shape index (κ2) is 9.37. The summed E-state index contributed by atoms with van der Waals surface area (Å²) in [5.41, 5.74) is 5.65. The Hall–Kier alpha value is -1.55. The molecule has 0 saturated heterocycles. The molecule has 0 spiro atoms. The maximum Gasteiger partial charge on any atom is 0.349 e. The van der Waals surface area contributed by atoms with E-state index in [1.165, 1.54) is 0 Å². The van der Waals surface area contributed by atoms with Gasteiger partial charge in [0.25, 0.3) is 0 Å². The minimum absolute atomic E-state index is 0.348. The first-order valence-electron chi connectivity index (χ1n) is 7.15. The number of rotatable bonds is 6. The van der Waals surface area contributed by atoms with Crippen molar-refractivity contribution in [2.75, 3.05) is 13.2 Å². The van der Waals surface area contributed by atoms with Crippen LogP contribution in [0.25, 0.3) is 0 Å². The van der Waals surface area contributed by atoms with E-state index >= 15 is 0 Å². The monoisotopic (exact) mass is 281 g/mol. The highest BCUT2D eigenvalue weighted by Gasteiger charge is 2.31. The minimum Gasteiger partial charge on any atom is -0.476 e. The van der Waals surface area contributed by atoms with Crippen LogP contribution < -0.4 is 10.5 Å². The molecular formula is C16H27NO3. The van der Waals surface area contributed by atoms with Crippen molar-refractivity contribution in [3.8, 4) is 5.75 Å². The van der Waals surface area contributed by atoms with E-state index < -0.39 is 5.60 Å². The second-order valence-electron chi connectivity index (χ2n) is 4.52. The highest BCUT2D eigenvalue weighted by Crippen LogP contribution is 2.20. The zero-order valence-electron chi connectivity index (χ0n) is 13.2. The average Bonchev–Trinajstić information content (AvgIpc) is 2.43. The van der Waals surface area contributed by atoms with E-state index in [0.717, 1.165) is 12.0 Å². The van der Waals surface area contributed by atoms with Crippen LogP contribution in [-0.2, 0) is 16.0 Å². The largest absolute Gasteiger partial charge is 0.476 e. The van der Waals surface area contributed by atoms with Gasteiger partial charge >= 0.3 is 5.97 Å². The van der Waals surface area contributed by atoms with E-state index in [1.807, 2.05) is 38.1 Å². The summed E-state index contributed by atoms with van der Waals surface area (Å²) in [6, 6.07) is 7.57. The van der Waals surface area contributed by atoms with Gasteiger partial charge in [-0.1, -0.05) is 26.0 Å². The molecule has 0 aliphatic heterocycles. The van der Waals surface area contributed by atoms with Crippen LogP contribution in [0.3, 0.4) is 0 Å². The highest BCUT2D eigenvalue weighted by molar-refractivity contribution is 5.79. The summed E-state index contributed by atoms with van der Waals surface area (Å²) < 4.78 is 10.6. The first-order valence-corrected chi connectivity index (χ1v) is 7.15. The first-order chi connectivity index (χ1) is 9.49. The van der Waals surface area contributed by atoms with E-state index in [9.17, 15) is 4.79 Å². The average molecular weight is 281 g/mol. The Labute approximate surface area is 122 Å². The molecule has 1 aromatic carbocycles. The van der Waals surface area contributed by atoms with Crippen molar-refractivity contribution in [3.05, 3.63) is 29.8 Å². The fraction of sp³-hybridized carbons (Fsp3) is 0.562. The second-order valence-corrected chi connectivity index (χ2v) is 4.52. The number of benzene rings is 1. The molecule has 0 bridgehead atoms. The fourth-order valence-electron chi connectivity index (χ4n) is 1.53. The molecule has 4 heteroatoms. The summed E-state index contributed by atoms with van der Waals surface area (Å²) in [6.07, 6.45) is 0.835. The third-order valence-corrected chi connectivity index (χ3v) is 2.50. The molecule has 0 heterocycles. The predicted octanol–water partition coefficient (Wildman–Crippen LogP) is 2.93. The Balaban J connectivity index is 0.00000172. The standard InChI is InChI=1S/C14H21NO3.C2H6/c1-4-17-13(16)14(2,3)18-12-7-5-11(6-8-12)9-10-15;1-2/h5-8H,4,9-10,15H2,1-3H3;1-2H3. The van der Waals surface area contributed by atoms with Crippen molar-refractivity contribution < 1.29 is 14.3 Å². The molecule has 0 atom stereocenters. The number of hydrogen-bond acceptors (Lipinski definition) is 4. The molecule has 2 N–H and O–H groups in total. The molecular weight excluding hydrogens is 254 g/mol. The molecule has 1 rings (SSSR count). The number of esters is 1. The van der Waals surface area contributed by atoms with Gasteiger partial charge in [0.1, 0.15) is 5.75 Å². The van der Waals surface area contributed by atoms with Crippen LogP contribution in [0.2, 0.25) is 0 Å². The van der Waals surface area contributed by atoms with Gasteiger partial charge in [0.2, 0.25) is 0 Å². The first kappa shape index (κ1) is 18.4. The predicted molar refractivity (Wildman–Crippen MR) is 81.9 cm³/mol. The molecule has 0 fully saturated rings. The SMILES string of the molecule is CC.CCOC(=O)C(C)(C)Oc1ccc(CCN)cc1. The molecule has 0 unspecified atom stereocenters. The molecule has 20 heavy (non-hydrogen) atoms. The van der Waals surface area contributed by atoms with Crippen molar-refractivity contribution in [2.24, 2.45) is 5.73 Å². The zero-order valence-corrected chi connectivity index (χ0v) is 13.2. The van der Waals surface area contributed by atoms with Crippen molar-refractivity contribution in [3.63, 3.8) is 0 Å². The van der Waals surface area contributed by atoms with Crippen molar-refractivity contribution in [1.29, 1.82) is 0 Å². The Morgan fingerprint density at radius 2 is 1.75 bits per heavy atom. The Morgan fingerprint density at radius 1 is 1.20 bits per heavy atom. The normalized spacial score (nSPS) is 10.3. The Morgan fingerprint density at radius 3 is 2.20 bits per heavy atom. The minimum atomic E-state index is -0.981. The summed E-state index contributed by atoms with van der Waals surface area (Å²) in [5, 5.41) is 0. The van der Waals surface area contributed by atoms with E-state index in [0.29, 0.717) is 18.9 Å². The lowest BCUT2D eigenvalue weighted by atomic mass is 10.1. The van der Waals surface area contributed by atoms with Crippen LogP contribution in [0, 0.1) is 0 Å². The number of carbonyl (C=O) groups excluding carboxylic acids is 1. The van der Waals surface area contributed by atoms with Crippen LogP contribution in [0.5, 0.6) is 5.75 Å². The smallest absolute Gasteiger partial charge is 0.349 e. The number of nitrogens with two attached hydrogens (primary N) is 1. The Bertz CT molecular complexity index is 385. The van der Waals surface area contributed by atoms with Gasteiger partial charge in [0.05, 0.1) is 6.61 Å². The molecule has 1 aromatic rings. The molecule has 4 nitrogen and oxygen atoms in total. The molecule has 0 radical (unpaired) electrons. The van der Waals surface area contributed by atoms with Crippen LogP contribution in [-0.4, -0.2) is 24.7 Å². The lowest BCUT2D eigenvalue weighted by Gasteiger charge is -2.24. The van der Waals surface area contributed by atoms with Gasteiger partial charge in [-0.05, 0) is 51.4 Å². The molecule has 114 valence electrons. The number of hydrogen-bond donors (Lipinski definition) is 1. The molecule has 0 aliphatic rings. The third-order valence-electron chi connectivity index (χ3n) is 2.50. The van der Waals surface area contributed by atoms with Crippen molar-refractivity contribution in [1.82, 2.24) is 0 Å². The lowest BCUT2D eigenvalue weighted by molar-refractivity contribution is -0.158. The maximum absolute atomic E-state index is 11.7. The molecule has 0 amide bonds.